The van der Waals surface area contributed by atoms with Crippen LogP contribution in [0.4, 0.5) is 5.69 Å². The molecule has 3 N–H and O–H groups in total. The summed E-state index contributed by atoms with van der Waals surface area (Å²) >= 11 is 6.07. The highest BCUT2D eigenvalue weighted by Crippen LogP contribution is 2.29. The monoisotopic (exact) mass is 387 g/mol. The van der Waals surface area contributed by atoms with Gasteiger partial charge in [0.25, 0.3) is 5.91 Å². The lowest BCUT2D eigenvalue weighted by Crippen LogP contribution is -2.45. The van der Waals surface area contributed by atoms with Crippen LogP contribution in [0.25, 0.3) is 0 Å². The molecule has 1 fully saturated rings. The maximum atomic E-state index is 12.6. The van der Waals surface area contributed by atoms with Crippen LogP contribution >= 0.6 is 11.6 Å². The molecule has 1 saturated heterocycles. The molecule has 144 valence electrons. The van der Waals surface area contributed by atoms with E-state index in [0.717, 1.165) is 38.9 Å². The van der Waals surface area contributed by atoms with Gasteiger partial charge in [-0.2, -0.15) is 0 Å². The molecule has 1 aliphatic heterocycles. The maximum absolute atomic E-state index is 12.6. The summed E-state index contributed by atoms with van der Waals surface area (Å²) in [6.07, 6.45) is 2.93. The van der Waals surface area contributed by atoms with E-state index in [1.807, 2.05) is 6.07 Å². The van der Waals surface area contributed by atoms with Crippen LogP contribution in [0.3, 0.4) is 0 Å². The minimum Gasteiger partial charge on any atom is -0.496 e. The smallest absolute Gasteiger partial charge is 0.255 e. The minimum absolute atomic E-state index is 0.159. The van der Waals surface area contributed by atoms with Gasteiger partial charge in [0.2, 0.25) is 0 Å². The number of nitrogens with zero attached hydrogens (tertiary/aromatic N) is 1. The molecule has 5 nitrogen and oxygen atoms in total. The topological polar surface area (TPSA) is 67.6 Å². The molecule has 0 aliphatic carbocycles. The van der Waals surface area contributed by atoms with Gasteiger partial charge in [-0.25, -0.2) is 0 Å². The first kappa shape index (κ1) is 19.5. The molecule has 0 atom stereocenters. The third kappa shape index (κ3) is 5.15. The molecule has 0 radical (unpaired) electrons. The van der Waals surface area contributed by atoms with Gasteiger partial charge >= 0.3 is 0 Å². The quantitative estimate of drug-likeness (QED) is 0.746. The van der Waals surface area contributed by atoms with Crippen molar-refractivity contribution < 1.29 is 9.53 Å². The Labute approximate surface area is 165 Å². The Morgan fingerprint density at radius 2 is 1.96 bits per heavy atom. The molecular weight excluding hydrogens is 362 g/mol. The first-order valence-corrected chi connectivity index (χ1v) is 9.64. The first-order chi connectivity index (χ1) is 13.1. The van der Waals surface area contributed by atoms with Crippen molar-refractivity contribution in [2.75, 3.05) is 32.5 Å². The highest BCUT2D eigenvalue weighted by molar-refractivity contribution is 6.33. The molecule has 6 heteroatoms. The molecule has 2 aromatic rings. The largest absolute Gasteiger partial charge is 0.496 e. The van der Waals surface area contributed by atoms with E-state index in [2.05, 4.69) is 34.5 Å². The van der Waals surface area contributed by atoms with E-state index >= 15 is 0 Å². The number of piperidine rings is 1. The summed E-state index contributed by atoms with van der Waals surface area (Å²) in [4.78, 5) is 15.1. The number of nitrogen functional groups attached to an aromatic ring is 1. The van der Waals surface area contributed by atoms with E-state index in [1.165, 1.54) is 12.7 Å². The predicted octanol–water partition coefficient (Wildman–Crippen LogP) is 3.37. The molecule has 1 amide bonds. The second-order valence-electron chi connectivity index (χ2n) is 6.90. The van der Waals surface area contributed by atoms with Crippen molar-refractivity contribution in [1.82, 2.24) is 10.2 Å². The Balaban J connectivity index is 1.50. The summed E-state index contributed by atoms with van der Waals surface area (Å²) in [5, 5.41) is 3.46. The molecule has 0 unspecified atom stereocenters. The van der Waals surface area contributed by atoms with Gasteiger partial charge < -0.3 is 20.7 Å². The van der Waals surface area contributed by atoms with Crippen molar-refractivity contribution in [3.63, 3.8) is 0 Å². The van der Waals surface area contributed by atoms with Crippen molar-refractivity contribution >= 4 is 23.2 Å². The number of nitrogens with one attached hydrogen (secondary N) is 1. The highest BCUT2D eigenvalue weighted by Gasteiger charge is 2.23. The average molecular weight is 388 g/mol. The van der Waals surface area contributed by atoms with Gasteiger partial charge in [-0.3, -0.25) is 4.79 Å². The zero-order valence-electron chi connectivity index (χ0n) is 15.6. The van der Waals surface area contributed by atoms with E-state index in [9.17, 15) is 4.79 Å². The van der Waals surface area contributed by atoms with E-state index < -0.39 is 0 Å². The molecular formula is C21H26ClN3O2. The Kier molecular flexibility index (Phi) is 6.58. The average Bonchev–Trinajstić information content (AvgIpc) is 2.70. The number of anilines is 1. The van der Waals surface area contributed by atoms with Gasteiger partial charge in [0.05, 0.1) is 23.4 Å². The summed E-state index contributed by atoms with van der Waals surface area (Å²) in [6, 6.07) is 13.8. The minimum atomic E-state index is -0.170. The molecule has 0 aromatic heterocycles. The van der Waals surface area contributed by atoms with Gasteiger partial charge in [0.1, 0.15) is 5.75 Å². The first-order valence-electron chi connectivity index (χ1n) is 9.27. The normalized spacial score (nSPS) is 15.5. The fourth-order valence-corrected chi connectivity index (χ4v) is 3.58. The summed E-state index contributed by atoms with van der Waals surface area (Å²) in [7, 11) is 1.52. The summed E-state index contributed by atoms with van der Waals surface area (Å²) < 4.78 is 5.27. The van der Waals surface area contributed by atoms with Crippen LogP contribution in [0.15, 0.2) is 42.5 Å². The molecule has 3 rings (SSSR count). The Hall–Kier alpha value is -2.24. The molecule has 2 aromatic carbocycles. The summed E-state index contributed by atoms with van der Waals surface area (Å²) in [5.41, 5.74) is 7.97. The third-order valence-corrected chi connectivity index (χ3v) is 5.37. The SMILES string of the molecule is COc1cc(N)c(Cl)cc1C(=O)NC1CCN(CCc2ccccc2)CC1. The lowest BCUT2D eigenvalue weighted by Gasteiger charge is -2.32. The number of carbonyl (C=O) groups excluding carboxylic acids is 1. The summed E-state index contributed by atoms with van der Waals surface area (Å²) in [6.45, 7) is 3.01. The molecule has 27 heavy (non-hydrogen) atoms. The van der Waals surface area contributed by atoms with Crippen LogP contribution in [0.2, 0.25) is 5.02 Å². The fraction of sp³-hybridized carbons (Fsp3) is 0.381. The molecule has 1 aliphatic rings. The Bertz CT molecular complexity index is 774. The van der Waals surface area contributed by atoms with Crippen LogP contribution in [-0.2, 0) is 6.42 Å². The summed E-state index contributed by atoms with van der Waals surface area (Å²) in [5.74, 6) is 0.270. The lowest BCUT2D eigenvalue weighted by molar-refractivity contribution is 0.0908. The maximum Gasteiger partial charge on any atom is 0.255 e. The van der Waals surface area contributed by atoms with Crippen LogP contribution in [0, 0.1) is 0 Å². The molecule has 0 saturated carbocycles. The Morgan fingerprint density at radius 1 is 1.26 bits per heavy atom. The fourth-order valence-electron chi connectivity index (χ4n) is 3.41. The van der Waals surface area contributed by atoms with Crippen LogP contribution in [0.1, 0.15) is 28.8 Å². The van der Waals surface area contributed by atoms with Crippen molar-refractivity contribution in [3.05, 3.63) is 58.6 Å². The number of hydrogen-bond donors (Lipinski definition) is 2. The zero-order chi connectivity index (χ0) is 19.2. The van der Waals surface area contributed by atoms with E-state index in [4.69, 9.17) is 22.1 Å². The number of likely N-dealkylation sites (tertiary alicyclic amines) is 1. The number of carbonyl (C=O) groups is 1. The van der Waals surface area contributed by atoms with Crippen molar-refractivity contribution in [2.24, 2.45) is 0 Å². The van der Waals surface area contributed by atoms with Crippen molar-refractivity contribution in [2.45, 2.75) is 25.3 Å². The van der Waals surface area contributed by atoms with Gasteiger partial charge in [-0.15, -0.1) is 0 Å². The van der Waals surface area contributed by atoms with Gasteiger partial charge in [-0.05, 0) is 30.9 Å². The van der Waals surface area contributed by atoms with Gasteiger partial charge in [-0.1, -0.05) is 41.9 Å². The second kappa shape index (κ2) is 9.11. The Morgan fingerprint density at radius 3 is 2.63 bits per heavy atom. The van der Waals surface area contributed by atoms with Crippen LogP contribution < -0.4 is 15.8 Å². The number of rotatable bonds is 6. The third-order valence-electron chi connectivity index (χ3n) is 5.05. The lowest BCUT2D eigenvalue weighted by atomic mass is 10.0. The number of halogens is 1. The van der Waals surface area contributed by atoms with E-state index in [0.29, 0.717) is 22.0 Å². The second-order valence-corrected chi connectivity index (χ2v) is 7.31. The van der Waals surface area contributed by atoms with Gasteiger partial charge in [0.15, 0.2) is 0 Å². The molecule has 0 spiro atoms. The predicted molar refractivity (Wildman–Crippen MR) is 109 cm³/mol. The number of amides is 1. The van der Waals surface area contributed by atoms with Gasteiger partial charge in [0, 0.05) is 31.7 Å². The van der Waals surface area contributed by atoms with E-state index in [1.54, 1.807) is 12.1 Å². The van der Waals surface area contributed by atoms with Crippen LogP contribution in [-0.4, -0.2) is 43.6 Å². The number of methoxy groups -OCH3 is 1. The van der Waals surface area contributed by atoms with Crippen molar-refractivity contribution in [1.29, 1.82) is 0 Å². The van der Waals surface area contributed by atoms with E-state index in [-0.39, 0.29) is 11.9 Å². The van der Waals surface area contributed by atoms with Crippen LogP contribution in [0.5, 0.6) is 5.75 Å². The molecule has 1 heterocycles. The number of hydrogen-bond acceptors (Lipinski definition) is 4. The van der Waals surface area contributed by atoms with Crippen molar-refractivity contribution in [3.8, 4) is 5.75 Å². The number of nitrogens with two attached hydrogens (primary N) is 1. The standard InChI is InChI=1S/C21H26ClN3O2/c1-27-20-14-19(23)18(22)13-17(20)21(26)24-16-8-11-25(12-9-16)10-7-15-5-3-2-4-6-15/h2-6,13-14,16H,7-12,23H2,1H3,(H,24,26). The number of benzene rings is 2. The molecule has 0 bridgehead atoms. The highest BCUT2D eigenvalue weighted by atomic mass is 35.5. The number of ether oxygens (including phenoxy) is 1. The zero-order valence-corrected chi connectivity index (χ0v) is 16.3.